The van der Waals surface area contributed by atoms with Gasteiger partial charge in [0.25, 0.3) is 0 Å². The minimum absolute atomic E-state index is 0. The lowest BCUT2D eigenvalue weighted by Crippen LogP contribution is -2.36. The van der Waals surface area contributed by atoms with Crippen molar-refractivity contribution in [2.75, 3.05) is 26.7 Å². The fraction of sp³-hybridized carbons (Fsp3) is 0.588. The topological polar surface area (TPSA) is 33.1 Å². The Bertz CT molecular complexity index is 587. The van der Waals surface area contributed by atoms with Gasteiger partial charge in [-0.1, -0.05) is 18.2 Å². The molecule has 0 aliphatic carbocycles. The summed E-state index contributed by atoms with van der Waals surface area (Å²) >= 11 is 0. The van der Waals surface area contributed by atoms with Crippen LogP contribution in [0.1, 0.15) is 25.5 Å². The maximum atomic E-state index is 4.82. The predicted molar refractivity (Wildman–Crippen MR) is 94.6 cm³/mol. The summed E-state index contributed by atoms with van der Waals surface area (Å²) in [6.45, 7) is 7.62. The van der Waals surface area contributed by atoms with Crippen LogP contribution in [0.4, 0.5) is 0 Å². The van der Waals surface area contributed by atoms with Gasteiger partial charge in [-0.15, -0.1) is 12.4 Å². The highest BCUT2D eigenvalue weighted by Crippen LogP contribution is 2.22. The molecule has 3 rings (SSSR count). The monoisotopic (exact) mass is 322 g/mol. The van der Waals surface area contributed by atoms with E-state index in [1.807, 2.05) is 0 Å². The molecule has 0 atom stereocenters. The van der Waals surface area contributed by atoms with Crippen LogP contribution in [0.25, 0.3) is 10.9 Å². The van der Waals surface area contributed by atoms with Crippen LogP contribution in [-0.2, 0) is 13.1 Å². The molecular formula is C17H27ClN4. The van der Waals surface area contributed by atoms with Crippen LogP contribution in [0.15, 0.2) is 24.3 Å². The second kappa shape index (κ2) is 7.95. The van der Waals surface area contributed by atoms with Gasteiger partial charge in [0.1, 0.15) is 0 Å². The van der Waals surface area contributed by atoms with Crippen LogP contribution in [0, 0.1) is 5.92 Å². The lowest BCUT2D eigenvalue weighted by atomic mass is 9.96. The third-order valence-electron chi connectivity index (χ3n) is 4.61. The quantitative estimate of drug-likeness (QED) is 0.919. The largest absolute Gasteiger partial charge is 0.319 e. The molecule has 0 saturated carbocycles. The first kappa shape index (κ1) is 17.3. The molecule has 0 unspecified atom stereocenters. The Hall–Kier alpha value is -1.10. The molecule has 1 aliphatic rings. The summed E-state index contributed by atoms with van der Waals surface area (Å²) in [7, 11) is 2.05. The zero-order valence-electron chi connectivity index (χ0n) is 13.6. The van der Waals surface area contributed by atoms with Crippen molar-refractivity contribution < 1.29 is 0 Å². The average Bonchev–Trinajstić information content (AvgIpc) is 2.88. The van der Waals surface area contributed by atoms with Gasteiger partial charge < -0.3 is 5.32 Å². The first-order valence-corrected chi connectivity index (χ1v) is 8.13. The Labute approximate surface area is 139 Å². The summed E-state index contributed by atoms with van der Waals surface area (Å²) in [5, 5.41) is 9.44. The van der Waals surface area contributed by atoms with Gasteiger partial charge in [-0.3, -0.25) is 9.58 Å². The number of nitrogens with one attached hydrogen (secondary N) is 1. The van der Waals surface area contributed by atoms with E-state index in [1.165, 1.54) is 42.5 Å². The standard InChI is InChI=1S/C17H26N4.ClH/c1-3-21-17-7-5-4-6-15(17)16(19-21)13-20-10-8-14(9-11-20)12-18-2;/h4-7,14,18H,3,8-13H2,1-2H3;1H. The third kappa shape index (κ3) is 3.62. The highest BCUT2D eigenvalue weighted by molar-refractivity contribution is 5.85. The van der Waals surface area contributed by atoms with Crippen molar-refractivity contribution in [3.05, 3.63) is 30.0 Å². The number of para-hydroxylation sites is 1. The minimum atomic E-state index is 0. The number of halogens is 1. The Morgan fingerprint density at radius 2 is 1.95 bits per heavy atom. The van der Waals surface area contributed by atoms with E-state index in [0.717, 1.165) is 25.6 Å². The van der Waals surface area contributed by atoms with Gasteiger partial charge in [-0.2, -0.15) is 5.10 Å². The lowest BCUT2D eigenvalue weighted by Gasteiger charge is -2.31. The van der Waals surface area contributed by atoms with E-state index in [4.69, 9.17) is 5.10 Å². The van der Waals surface area contributed by atoms with Crippen molar-refractivity contribution in [2.45, 2.75) is 32.9 Å². The molecule has 1 aromatic carbocycles. The van der Waals surface area contributed by atoms with Crippen LogP contribution in [0.2, 0.25) is 0 Å². The van der Waals surface area contributed by atoms with E-state index in [2.05, 4.69) is 53.1 Å². The molecule has 0 amide bonds. The number of aryl methyl sites for hydroxylation is 1. The summed E-state index contributed by atoms with van der Waals surface area (Å²) in [4.78, 5) is 2.56. The number of likely N-dealkylation sites (tertiary alicyclic amines) is 1. The lowest BCUT2D eigenvalue weighted by molar-refractivity contribution is 0.175. The fourth-order valence-corrected chi connectivity index (χ4v) is 3.40. The fourth-order valence-electron chi connectivity index (χ4n) is 3.40. The number of hydrogen-bond acceptors (Lipinski definition) is 3. The Morgan fingerprint density at radius 3 is 2.64 bits per heavy atom. The van der Waals surface area contributed by atoms with Gasteiger partial charge >= 0.3 is 0 Å². The molecule has 2 heterocycles. The molecule has 0 spiro atoms. The number of piperidine rings is 1. The molecule has 22 heavy (non-hydrogen) atoms. The van der Waals surface area contributed by atoms with Gasteiger partial charge in [0.2, 0.25) is 0 Å². The van der Waals surface area contributed by atoms with Gasteiger partial charge in [-0.05, 0) is 58.4 Å². The van der Waals surface area contributed by atoms with Gasteiger partial charge in [0.15, 0.2) is 0 Å². The molecule has 1 aliphatic heterocycles. The molecule has 4 nitrogen and oxygen atoms in total. The van der Waals surface area contributed by atoms with Crippen molar-refractivity contribution >= 4 is 23.3 Å². The summed E-state index contributed by atoms with van der Waals surface area (Å²) in [6, 6.07) is 8.60. The van der Waals surface area contributed by atoms with Crippen molar-refractivity contribution in [1.29, 1.82) is 0 Å². The van der Waals surface area contributed by atoms with E-state index >= 15 is 0 Å². The summed E-state index contributed by atoms with van der Waals surface area (Å²) in [5.74, 6) is 0.844. The van der Waals surface area contributed by atoms with Crippen LogP contribution >= 0.6 is 12.4 Å². The number of aromatic nitrogens is 2. The molecule has 1 N–H and O–H groups in total. The zero-order valence-corrected chi connectivity index (χ0v) is 14.4. The Morgan fingerprint density at radius 1 is 1.23 bits per heavy atom. The second-order valence-corrected chi connectivity index (χ2v) is 6.06. The van der Waals surface area contributed by atoms with Crippen molar-refractivity contribution in [1.82, 2.24) is 20.0 Å². The zero-order chi connectivity index (χ0) is 14.7. The van der Waals surface area contributed by atoms with E-state index in [0.29, 0.717) is 0 Å². The van der Waals surface area contributed by atoms with Crippen LogP contribution < -0.4 is 5.32 Å². The Kier molecular flexibility index (Phi) is 6.24. The number of benzene rings is 1. The molecule has 1 aromatic heterocycles. The minimum Gasteiger partial charge on any atom is -0.319 e. The van der Waals surface area contributed by atoms with Crippen molar-refractivity contribution in [3.63, 3.8) is 0 Å². The molecule has 1 saturated heterocycles. The normalized spacial score (nSPS) is 16.8. The first-order valence-electron chi connectivity index (χ1n) is 8.13. The summed E-state index contributed by atoms with van der Waals surface area (Å²) in [5.41, 5.74) is 2.50. The molecule has 122 valence electrons. The number of nitrogens with zero attached hydrogens (tertiary/aromatic N) is 3. The summed E-state index contributed by atoms with van der Waals surface area (Å²) < 4.78 is 2.12. The first-order chi connectivity index (χ1) is 10.3. The smallest absolute Gasteiger partial charge is 0.0843 e. The average molecular weight is 323 g/mol. The highest BCUT2D eigenvalue weighted by atomic mass is 35.5. The molecular weight excluding hydrogens is 296 g/mol. The van der Waals surface area contributed by atoms with Gasteiger partial charge in [0.05, 0.1) is 11.2 Å². The van der Waals surface area contributed by atoms with E-state index in [9.17, 15) is 0 Å². The van der Waals surface area contributed by atoms with Gasteiger partial charge in [0, 0.05) is 18.5 Å². The van der Waals surface area contributed by atoms with Crippen LogP contribution in [0.5, 0.6) is 0 Å². The second-order valence-electron chi connectivity index (χ2n) is 6.06. The van der Waals surface area contributed by atoms with E-state index in [-0.39, 0.29) is 12.4 Å². The predicted octanol–water partition coefficient (Wildman–Crippen LogP) is 2.91. The van der Waals surface area contributed by atoms with Gasteiger partial charge in [-0.25, -0.2) is 0 Å². The maximum absolute atomic E-state index is 4.82. The van der Waals surface area contributed by atoms with Crippen molar-refractivity contribution in [2.24, 2.45) is 5.92 Å². The van der Waals surface area contributed by atoms with E-state index < -0.39 is 0 Å². The maximum Gasteiger partial charge on any atom is 0.0843 e. The number of rotatable bonds is 5. The number of fused-ring (bicyclic) bond motifs is 1. The molecule has 1 fully saturated rings. The molecule has 0 radical (unpaired) electrons. The Balaban J connectivity index is 0.00000176. The molecule has 2 aromatic rings. The molecule has 0 bridgehead atoms. The SMILES string of the molecule is CCn1nc(CN2CCC(CNC)CC2)c2ccccc21.Cl. The van der Waals surface area contributed by atoms with E-state index in [1.54, 1.807) is 0 Å². The molecule has 5 heteroatoms. The highest BCUT2D eigenvalue weighted by Gasteiger charge is 2.20. The third-order valence-corrected chi connectivity index (χ3v) is 4.61. The van der Waals surface area contributed by atoms with Crippen molar-refractivity contribution in [3.8, 4) is 0 Å². The van der Waals surface area contributed by atoms with Crippen LogP contribution in [0.3, 0.4) is 0 Å². The number of hydrogen-bond donors (Lipinski definition) is 1. The van der Waals surface area contributed by atoms with Crippen LogP contribution in [-0.4, -0.2) is 41.4 Å². The summed E-state index contributed by atoms with van der Waals surface area (Å²) in [6.07, 6.45) is 2.60.